The summed E-state index contributed by atoms with van der Waals surface area (Å²) in [6, 6.07) is 7.36. The van der Waals surface area contributed by atoms with Gasteiger partial charge in [-0.1, -0.05) is 32.4 Å². The number of anilines is 1. The maximum absolute atomic E-state index is 12.1. The van der Waals surface area contributed by atoms with E-state index >= 15 is 0 Å². The first-order chi connectivity index (χ1) is 9.47. The lowest BCUT2D eigenvalue weighted by molar-refractivity contribution is -0.115. The lowest BCUT2D eigenvalue weighted by Crippen LogP contribution is -2.31. The molecule has 0 aliphatic heterocycles. The van der Waals surface area contributed by atoms with Crippen LogP contribution in [0.25, 0.3) is 0 Å². The molecule has 3 unspecified atom stereocenters. The molecular weight excluding hydrogens is 272 g/mol. The summed E-state index contributed by atoms with van der Waals surface area (Å²) in [5.74, 6) is 0.735. The Bertz CT molecular complexity index is 459. The Morgan fingerprint density at radius 2 is 1.90 bits per heavy atom. The van der Waals surface area contributed by atoms with Crippen LogP contribution in [0.1, 0.15) is 32.8 Å². The number of rotatable bonds is 7. The first kappa shape index (κ1) is 16.9. The molecule has 0 aliphatic carbocycles. The van der Waals surface area contributed by atoms with Crippen molar-refractivity contribution in [3.63, 3.8) is 0 Å². The van der Waals surface area contributed by atoms with E-state index < -0.39 is 16.0 Å². The van der Waals surface area contributed by atoms with Gasteiger partial charge in [-0.25, -0.2) is 0 Å². The molecule has 1 aromatic carbocycles. The average Bonchev–Trinajstić information content (AvgIpc) is 2.46. The van der Waals surface area contributed by atoms with Gasteiger partial charge in [0.25, 0.3) is 0 Å². The number of nitrogens with two attached hydrogens (primary N) is 1. The highest BCUT2D eigenvalue weighted by atomic mass is 32.2. The second kappa shape index (κ2) is 8.17. The standard InChI is InChI=1S/C15H24N2O2S/c1-4-11(2)10-20(19)12(3)15(18)17-14-7-5-13(9-16)6-8-14/h5-8,11-12H,4,9-10,16H2,1-3H3,(H,17,18). The Hall–Kier alpha value is -1.20. The molecule has 4 nitrogen and oxygen atoms in total. The van der Waals surface area contributed by atoms with Crippen LogP contribution in [-0.2, 0) is 22.1 Å². The quantitative estimate of drug-likeness (QED) is 0.810. The summed E-state index contributed by atoms with van der Waals surface area (Å²) < 4.78 is 12.1. The van der Waals surface area contributed by atoms with Crippen LogP contribution in [0.4, 0.5) is 5.69 Å². The van der Waals surface area contributed by atoms with Gasteiger partial charge in [0, 0.05) is 28.8 Å². The third-order valence-corrected chi connectivity index (χ3v) is 5.27. The second-order valence-electron chi connectivity index (χ2n) is 5.09. The van der Waals surface area contributed by atoms with Crippen molar-refractivity contribution in [1.29, 1.82) is 0 Å². The minimum Gasteiger partial charge on any atom is -0.326 e. The van der Waals surface area contributed by atoms with E-state index in [0.717, 1.165) is 12.0 Å². The van der Waals surface area contributed by atoms with Gasteiger partial charge >= 0.3 is 0 Å². The van der Waals surface area contributed by atoms with Crippen LogP contribution >= 0.6 is 0 Å². The molecule has 5 heteroatoms. The van der Waals surface area contributed by atoms with E-state index in [4.69, 9.17) is 5.73 Å². The summed E-state index contributed by atoms with van der Waals surface area (Å²) >= 11 is 0. The van der Waals surface area contributed by atoms with Crippen molar-refractivity contribution in [2.45, 2.75) is 39.0 Å². The molecule has 1 rings (SSSR count). The summed E-state index contributed by atoms with van der Waals surface area (Å²) in [5, 5.41) is 2.29. The van der Waals surface area contributed by atoms with E-state index in [1.165, 1.54) is 0 Å². The van der Waals surface area contributed by atoms with E-state index in [9.17, 15) is 9.00 Å². The number of carbonyl (C=O) groups is 1. The minimum atomic E-state index is -1.14. The highest BCUT2D eigenvalue weighted by Gasteiger charge is 2.21. The summed E-state index contributed by atoms with van der Waals surface area (Å²) in [6.45, 7) is 6.30. The normalized spacial score (nSPS) is 15.4. The molecule has 0 saturated carbocycles. The molecule has 0 heterocycles. The van der Waals surface area contributed by atoms with Gasteiger partial charge in [-0.15, -0.1) is 0 Å². The van der Waals surface area contributed by atoms with E-state index in [1.54, 1.807) is 6.92 Å². The Morgan fingerprint density at radius 1 is 1.30 bits per heavy atom. The zero-order chi connectivity index (χ0) is 15.1. The molecule has 0 saturated heterocycles. The first-order valence-corrected chi connectivity index (χ1v) is 8.33. The Balaban J connectivity index is 2.58. The van der Waals surface area contributed by atoms with Crippen molar-refractivity contribution in [3.05, 3.63) is 29.8 Å². The fourth-order valence-corrected chi connectivity index (χ4v) is 3.01. The topological polar surface area (TPSA) is 72.2 Å². The maximum atomic E-state index is 12.1. The minimum absolute atomic E-state index is 0.202. The smallest absolute Gasteiger partial charge is 0.239 e. The number of carbonyl (C=O) groups excluding carboxylic acids is 1. The third kappa shape index (κ3) is 5.06. The molecule has 0 bridgehead atoms. The Kier molecular flexibility index (Phi) is 6.88. The van der Waals surface area contributed by atoms with Crippen LogP contribution in [0.5, 0.6) is 0 Å². The van der Waals surface area contributed by atoms with Crippen molar-refractivity contribution in [2.24, 2.45) is 11.7 Å². The van der Waals surface area contributed by atoms with Gasteiger partial charge in [-0.3, -0.25) is 9.00 Å². The van der Waals surface area contributed by atoms with Crippen LogP contribution < -0.4 is 11.1 Å². The predicted molar refractivity (Wildman–Crippen MR) is 84.9 cm³/mol. The lowest BCUT2D eigenvalue weighted by Gasteiger charge is -2.14. The summed E-state index contributed by atoms with van der Waals surface area (Å²) in [5.41, 5.74) is 7.24. The average molecular weight is 296 g/mol. The van der Waals surface area contributed by atoms with Gasteiger partial charge in [0.15, 0.2) is 0 Å². The first-order valence-electron chi connectivity index (χ1n) is 6.95. The number of benzene rings is 1. The van der Waals surface area contributed by atoms with Gasteiger partial charge in [-0.05, 0) is 30.5 Å². The molecule has 3 N–H and O–H groups in total. The fourth-order valence-electron chi connectivity index (χ4n) is 1.63. The van der Waals surface area contributed by atoms with Crippen LogP contribution in [0, 0.1) is 5.92 Å². The lowest BCUT2D eigenvalue weighted by atomic mass is 10.2. The van der Waals surface area contributed by atoms with Crippen LogP contribution in [0.3, 0.4) is 0 Å². The monoisotopic (exact) mass is 296 g/mol. The van der Waals surface area contributed by atoms with Crippen molar-refractivity contribution in [2.75, 3.05) is 11.1 Å². The molecule has 0 radical (unpaired) electrons. The Labute approximate surface area is 123 Å². The van der Waals surface area contributed by atoms with Crippen molar-refractivity contribution in [3.8, 4) is 0 Å². The highest BCUT2D eigenvalue weighted by Crippen LogP contribution is 2.12. The fraction of sp³-hybridized carbons (Fsp3) is 0.533. The highest BCUT2D eigenvalue weighted by molar-refractivity contribution is 7.86. The van der Waals surface area contributed by atoms with Crippen molar-refractivity contribution >= 4 is 22.4 Å². The third-order valence-electron chi connectivity index (χ3n) is 3.37. The second-order valence-corrected chi connectivity index (χ2v) is 6.90. The van der Waals surface area contributed by atoms with Crippen LogP contribution in [0.2, 0.25) is 0 Å². The molecular formula is C15H24N2O2S. The summed E-state index contributed by atoms with van der Waals surface area (Å²) in [7, 11) is -1.14. The van der Waals surface area contributed by atoms with Crippen LogP contribution in [-0.4, -0.2) is 21.1 Å². The molecule has 0 aliphatic rings. The van der Waals surface area contributed by atoms with E-state index in [2.05, 4.69) is 12.2 Å². The molecule has 0 spiro atoms. The van der Waals surface area contributed by atoms with E-state index in [1.807, 2.05) is 31.2 Å². The zero-order valence-corrected chi connectivity index (χ0v) is 13.2. The molecule has 1 aromatic rings. The number of amides is 1. The SMILES string of the molecule is CCC(C)CS(=O)C(C)C(=O)Nc1ccc(CN)cc1. The molecule has 20 heavy (non-hydrogen) atoms. The van der Waals surface area contributed by atoms with Crippen molar-refractivity contribution < 1.29 is 9.00 Å². The van der Waals surface area contributed by atoms with Gasteiger partial charge in [0.2, 0.25) is 5.91 Å². The molecule has 0 aromatic heterocycles. The van der Waals surface area contributed by atoms with Gasteiger partial charge in [0.1, 0.15) is 5.25 Å². The Morgan fingerprint density at radius 3 is 2.40 bits per heavy atom. The number of hydrogen-bond donors (Lipinski definition) is 2. The maximum Gasteiger partial charge on any atom is 0.239 e. The zero-order valence-electron chi connectivity index (χ0n) is 12.4. The predicted octanol–water partition coefficient (Wildman–Crippen LogP) is 2.27. The van der Waals surface area contributed by atoms with E-state index in [-0.39, 0.29) is 5.91 Å². The van der Waals surface area contributed by atoms with Gasteiger partial charge < -0.3 is 11.1 Å². The van der Waals surface area contributed by atoms with Gasteiger partial charge in [-0.2, -0.15) is 0 Å². The largest absolute Gasteiger partial charge is 0.326 e. The van der Waals surface area contributed by atoms with Crippen molar-refractivity contribution in [1.82, 2.24) is 0 Å². The molecule has 112 valence electrons. The van der Waals surface area contributed by atoms with E-state index in [0.29, 0.717) is 23.9 Å². The summed E-state index contributed by atoms with van der Waals surface area (Å²) in [4.78, 5) is 12.0. The number of nitrogens with one attached hydrogen (secondary N) is 1. The molecule has 3 atom stereocenters. The van der Waals surface area contributed by atoms with Gasteiger partial charge in [0.05, 0.1) is 0 Å². The number of hydrogen-bond acceptors (Lipinski definition) is 3. The summed E-state index contributed by atoms with van der Waals surface area (Å²) in [6.07, 6.45) is 0.973. The molecule has 1 amide bonds. The van der Waals surface area contributed by atoms with Crippen LogP contribution in [0.15, 0.2) is 24.3 Å². The molecule has 0 fully saturated rings.